The van der Waals surface area contributed by atoms with Crippen LogP contribution >= 0.6 is 23.4 Å². The number of nitrogens with one attached hydrogen (secondary N) is 1. The molecular weight excluding hydrogens is 444 g/mol. The molecule has 172 valence electrons. The standard InChI is InChI=1S/C24H31ClN4O2S/c1-6-15(4)26-20(30)13-19-14-32-24-27-16(5)21(23(31)28(7-2)8-3)22(29(19)24)17-10-9-11-18(25)12-17/h9-12,14-15,22H,6-8,13H2,1-5H3,(H,26,30). The molecule has 2 amide bonds. The van der Waals surface area contributed by atoms with Crippen molar-refractivity contribution in [3.63, 3.8) is 0 Å². The van der Waals surface area contributed by atoms with Crippen LogP contribution in [0.4, 0.5) is 0 Å². The molecule has 0 saturated heterocycles. The van der Waals surface area contributed by atoms with Gasteiger partial charge < -0.3 is 15.1 Å². The van der Waals surface area contributed by atoms with Gasteiger partial charge in [-0.15, -0.1) is 0 Å². The Hall–Kier alpha value is -2.25. The van der Waals surface area contributed by atoms with E-state index in [1.165, 1.54) is 11.8 Å². The molecule has 1 aromatic carbocycles. The monoisotopic (exact) mass is 474 g/mol. The third kappa shape index (κ3) is 5.04. The summed E-state index contributed by atoms with van der Waals surface area (Å²) in [7, 11) is 0. The Morgan fingerprint density at radius 1 is 1.28 bits per heavy atom. The normalized spacial score (nSPS) is 18.7. The zero-order valence-electron chi connectivity index (χ0n) is 19.3. The molecule has 8 heteroatoms. The van der Waals surface area contributed by atoms with E-state index in [4.69, 9.17) is 16.6 Å². The van der Waals surface area contributed by atoms with Gasteiger partial charge in [-0.05, 0) is 57.2 Å². The second-order valence-corrected chi connectivity index (χ2v) is 9.25. The quantitative estimate of drug-likeness (QED) is 0.570. The smallest absolute Gasteiger partial charge is 0.254 e. The number of hydrogen-bond acceptors (Lipinski definition) is 5. The second kappa shape index (κ2) is 10.6. The first-order valence-corrected chi connectivity index (χ1v) is 12.3. The van der Waals surface area contributed by atoms with E-state index in [2.05, 4.69) is 5.32 Å². The molecule has 32 heavy (non-hydrogen) atoms. The van der Waals surface area contributed by atoms with Crippen LogP contribution in [0.3, 0.4) is 0 Å². The number of nitrogens with zero attached hydrogens (tertiary/aromatic N) is 3. The predicted octanol–water partition coefficient (Wildman–Crippen LogP) is 5.09. The highest BCUT2D eigenvalue weighted by Crippen LogP contribution is 2.45. The van der Waals surface area contributed by atoms with Gasteiger partial charge in [-0.25, -0.2) is 4.99 Å². The fourth-order valence-corrected chi connectivity index (χ4v) is 5.07. The lowest BCUT2D eigenvalue weighted by molar-refractivity contribution is -0.127. The molecule has 0 aromatic heterocycles. The van der Waals surface area contributed by atoms with Gasteiger partial charge in [0.15, 0.2) is 5.17 Å². The lowest BCUT2D eigenvalue weighted by Gasteiger charge is -2.38. The summed E-state index contributed by atoms with van der Waals surface area (Å²) in [5.41, 5.74) is 3.05. The van der Waals surface area contributed by atoms with Gasteiger partial charge in [-0.2, -0.15) is 0 Å². The summed E-state index contributed by atoms with van der Waals surface area (Å²) >= 11 is 7.82. The number of fused-ring (bicyclic) bond motifs is 1. The Morgan fingerprint density at radius 3 is 2.62 bits per heavy atom. The van der Waals surface area contributed by atoms with Crippen LogP contribution in [0, 0.1) is 0 Å². The number of amides is 2. The molecule has 3 rings (SSSR count). The summed E-state index contributed by atoms with van der Waals surface area (Å²) < 4.78 is 0. The molecule has 0 radical (unpaired) electrons. The van der Waals surface area contributed by atoms with Crippen molar-refractivity contribution in [2.24, 2.45) is 4.99 Å². The second-order valence-electron chi connectivity index (χ2n) is 7.98. The summed E-state index contributed by atoms with van der Waals surface area (Å²) in [5, 5.41) is 6.37. The highest BCUT2D eigenvalue weighted by atomic mass is 35.5. The zero-order valence-corrected chi connectivity index (χ0v) is 20.9. The van der Waals surface area contributed by atoms with E-state index in [0.717, 1.165) is 22.8 Å². The predicted molar refractivity (Wildman–Crippen MR) is 132 cm³/mol. The summed E-state index contributed by atoms with van der Waals surface area (Å²) in [5.74, 6) is -0.0826. The molecule has 2 atom stereocenters. The van der Waals surface area contributed by atoms with Crippen molar-refractivity contribution in [2.45, 2.75) is 59.5 Å². The van der Waals surface area contributed by atoms with Crippen LogP contribution in [0.5, 0.6) is 0 Å². The SMILES string of the molecule is CCC(C)NC(=O)CC1=CSC2=NC(C)=C(C(=O)N(CC)CC)C(c3cccc(Cl)c3)N12. The number of carbonyl (C=O) groups excluding carboxylic acids is 2. The third-order valence-electron chi connectivity index (χ3n) is 5.81. The Kier molecular flexibility index (Phi) is 8.06. The van der Waals surface area contributed by atoms with Crippen molar-refractivity contribution in [1.29, 1.82) is 0 Å². The maximum atomic E-state index is 13.6. The van der Waals surface area contributed by atoms with Crippen LogP contribution in [-0.4, -0.2) is 45.9 Å². The molecule has 0 saturated carbocycles. The number of thioether (sulfide) groups is 1. The number of aliphatic imine (C=N–C) groups is 1. The van der Waals surface area contributed by atoms with Crippen molar-refractivity contribution in [3.05, 3.63) is 57.2 Å². The van der Waals surface area contributed by atoms with Crippen LogP contribution in [0.2, 0.25) is 5.02 Å². The summed E-state index contributed by atoms with van der Waals surface area (Å²) in [6, 6.07) is 7.28. The molecule has 2 aliphatic heterocycles. The van der Waals surface area contributed by atoms with Crippen LogP contribution in [0.25, 0.3) is 0 Å². The Bertz CT molecular complexity index is 984. The Labute approximate surface area is 199 Å². The number of halogens is 1. The largest absolute Gasteiger partial charge is 0.353 e. The topological polar surface area (TPSA) is 65.0 Å². The molecule has 0 fully saturated rings. The minimum atomic E-state index is -0.396. The van der Waals surface area contributed by atoms with Crippen molar-refractivity contribution >= 4 is 40.3 Å². The lowest BCUT2D eigenvalue weighted by atomic mass is 9.92. The maximum absolute atomic E-state index is 13.6. The van der Waals surface area contributed by atoms with E-state index < -0.39 is 6.04 Å². The van der Waals surface area contributed by atoms with Gasteiger partial charge >= 0.3 is 0 Å². The van der Waals surface area contributed by atoms with Gasteiger partial charge in [0.1, 0.15) is 0 Å². The number of likely N-dealkylation sites (N-methyl/N-ethyl adjacent to an activating group) is 1. The Morgan fingerprint density at radius 2 is 2.00 bits per heavy atom. The van der Waals surface area contributed by atoms with E-state index in [9.17, 15) is 9.59 Å². The van der Waals surface area contributed by atoms with Crippen molar-refractivity contribution in [2.75, 3.05) is 13.1 Å². The first kappa shape index (κ1) is 24.4. The highest BCUT2D eigenvalue weighted by molar-refractivity contribution is 8.16. The van der Waals surface area contributed by atoms with Gasteiger partial charge in [-0.3, -0.25) is 9.59 Å². The number of carbonyl (C=O) groups is 2. The first-order valence-electron chi connectivity index (χ1n) is 11.1. The van der Waals surface area contributed by atoms with Crippen molar-refractivity contribution < 1.29 is 9.59 Å². The van der Waals surface area contributed by atoms with Crippen molar-refractivity contribution in [3.8, 4) is 0 Å². The summed E-state index contributed by atoms with van der Waals surface area (Å²) in [6.07, 6.45) is 1.09. The van der Waals surface area contributed by atoms with E-state index >= 15 is 0 Å². The number of allylic oxidation sites excluding steroid dienone is 1. The molecule has 2 heterocycles. The summed E-state index contributed by atoms with van der Waals surface area (Å²) in [6.45, 7) is 11.1. The summed E-state index contributed by atoms with van der Waals surface area (Å²) in [4.78, 5) is 34.8. The fourth-order valence-electron chi connectivity index (χ4n) is 3.91. The molecule has 6 nitrogen and oxygen atoms in total. The minimum absolute atomic E-state index is 0.0411. The van der Waals surface area contributed by atoms with Gasteiger partial charge in [0.2, 0.25) is 5.91 Å². The fraction of sp³-hybridized carbons (Fsp3) is 0.458. The van der Waals surface area contributed by atoms with E-state index in [1.54, 1.807) is 4.90 Å². The molecule has 2 aliphatic rings. The lowest BCUT2D eigenvalue weighted by Crippen LogP contribution is -2.42. The van der Waals surface area contributed by atoms with Crippen LogP contribution < -0.4 is 5.32 Å². The van der Waals surface area contributed by atoms with Gasteiger partial charge in [0.25, 0.3) is 5.91 Å². The molecular formula is C24H31ClN4O2S. The van der Waals surface area contributed by atoms with Gasteiger partial charge in [0.05, 0.1) is 23.7 Å². The molecule has 2 unspecified atom stereocenters. The number of amidine groups is 1. The number of rotatable bonds is 8. The highest BCUT2D eigenvalue weighted by Gasteiger charge is 2.41. The van der Waals surface area contributed by atoms with Crippen LogP contribution in [0.1, 0.15) is 59.1 Å². The van der Waals surface area contributed by atoms with Crippen LogP contribution in [0.15, 0.2) is 51.6 Å². The van der Waals surface area contributed by atoms with Crippen LogP contribution in [-0.2, 0) is 9.59 Å². The van der Waals surface area contributed by atoms with E-state index in [-0.39, 0.29) is 24.3 Å². The molecule has 1 aromatic rings. The average Bonchev–Trinajstić information content (AvgIpc) is 3.15. The Balaban J connectivity index is 2.04. The average molecular weight is 475 g/mol. The van der Waals surface area contributed by atoms with Gasteiger partial charge in [-0.1, -0.05) is 42.4 Å². The molecule has 0 spiro atoms. The number of hydrogen-bond donors (Lipinski definition) is 1. The van der Waals surface area contributed by atoms with E-state index in [0.29, 0.717) is 29.4 Å². The zero-order chi connectivity index (χ0) is 23.4. The number of benzene rings is 1. The molecule has 1 N–H and O–H groups in total. The van der Waals surface area contributed by atoms with E-state index in [1.807, 2.05) is 69.2 Å². The molecule has 0 aliphatic carbocycles. The first-order chi connectivity index (χ1) is 15.3. The van der Waals surface area contributed by atoms with Gasteiger partial charge in [0, 0.05) is 29.9 Å². The third-order valence-corrected chi connectivity index (χ3v) is 6.93. The minimum Gasteiger partial charge on any atom is -0.353 e. The maximum Gasteiger partial charge on any atom is 0.254 e. The molecule has 0 bridgehead atoms. The van der Waals surface area contributed by atoms with Crippen molar-refractivity contribution in [1.82, 2.24) is 15.1 Å².